The Kier molecular flexibility index (Phi) is 5.28. The van der Waals surface area contributed by atoms with E-state index in [1.807, 2.05) is 35.2 Å². The molecular formula is C18H25N3O2. The van der Waals surface area contributed by atoms with Crippen LogP contribution >= 0.6 is 0 Å². The molecule has 2 heterocycles. The summed E-state index contributed by atoms with van der Waals surface area (Å²) in [4.78, 5) is 28.7. The van der Waals surface area contributed by atoms with Crippen molar-refractivity contribution < 1.29 is 9.59 Å². The minimum atomic E-state index is -0.0209. The Labute approximate surface area is 137 Å². The normalized spacial score (nSPS) is 23.2. The lowest BCUT2D eigenvalue weighted by atomic mass is 10.0. The number of rotatable bonds is 3. The Hall–Kier alpha value is -1.88. The maximum absolute atomic E-state index is 12.6. The van der Waals surface area contributed by atoms with E-state index in [0.717, 1.165) is 31.5 Å². The number of carbonyl (C=O) groups is 2. The van der Waals surface area contributed by atoms with Crippen molar-refractivity contribution >= 4 is 11.8 Å². The van der Waals surface area contributed by atoms with Gasteiger partial charge in [-0.1, -0.05) is 30.3 Å². The minimum Gasteiger partial charge on any atom is -0.355 e. The Bertz CT molecular complexity index is 540. The van der Waals surface area contributed by atoms with Crippen molar-refractivity contribution in [2.75, 3.05) is 32.7 Å². The molecule has 1 aromatic rings. The Morgan fingerprint density at radius 2 is 1.83 bits per heavy atom. The fourth-order valence-corrected chi connectivity index (χ4v) is 3.48. The predicted octanol–water partition coefficient (Wildman–Crippen LogP) is 1.56. The quantitative estimate of drug-likeness (QED) is 0.921. The molecule has 0 aliphatic carbocycles. The summed E-state index contributed by atoms with van der Waals surface area (Å²) in [7, 11) is 0. The summed E-state index contributed by atoms with van der Waals surface area (Å²) in [6.07, 6.45) is 3.84. The number of carbonyl (C=O) groups excluding carboxylic acids is 2. The van der Waals surface area contributed by atoms with E-state index in [2.05, 4.69) is 10.2 Å². The molecule has 2 saturated heterocycles. The van der Waals surface area contributed by atoms with E-state index in [9.17, 15) is 9.59 Å². The molecule has 5 heteroatoms. The van der Waals surface area contributed by atoms with Crippen LogP contribution in [0.25, 0.3) is 0 Å². The third-order valence-corrected chi connectivity index (χ3v) is 4.77. The van der Waals surface area contributed by atoms with E-state index < -0.39 is 0 Å². The van der Waals surface area contributed by atoms with Crippen molar-refractivity contribution in [3.8, 4) is 0 Å². The summed E-state index contributed by atoms with van der Waals surface area (Å²) < 4.78 is 0. The minimum absolute atomic E-state index is 0.0209. The molecule has 0 radical (unpaired) electrons. The molecule has 0 bridgehead atoms. The second kappa shape index (κ2) is 7.59. The maximum atomic E-state index is 12.6. The van der Waals surface area contributed by atoms with Gasteiger partial charge in [0.05, 0.1) is 6.54 Å². The largest absolute Gasteiger partial charge is 0.355 e. The van der Waals surface area contributed by atoms with Crippen molar-refractivity contribution in [2.24, 2.45) is 0 Å². The zero-order chi connectivity index (χ0) is 16.1. The average molecular weight is 315 g/mol. The first kappa shape index (κ1) is 16.0. The SMILES string of the molecule is O=C1C[C@@H](c2ccccc2)N(CC(=O)N2CCCCC2)CCN1. The summed E-state index contributed by atoms with van der Waals surface area (Å²) in [5.41, 5.74) is 1.11. The van der Waals surface area contributed by atoms with Crippen molar-refractivity contribution in [3.05, 3.63) is 35.9 Å². The number of hydrogen-bond acceptors (Lipinski definition) is 3. The summed E-state index contributed by atoms with van der Waals surface area (Å²) in [6, 6.07) is 10.0. The van der Waals surface area contributed by atoms with E-state index in [0.29, 0.717) is 26.1 Å². The monoisotopic (exact) mass is 315 g/mol. The van der Waals surface area contributed by atoms with Crippen molar-refractivity contribution in [3.63, 3.8) is 0 Å². The van der Waals surface area contributed by atoms with Gasteiger partial charge in [0.1, 0.15) is 0 Å². The van der Waals surface area contributed by atoms with Crippen LogP contribution in [0, 0.1) is 0 Å². The summed E-state index contributed by atoms with van der Waals surface area (Å²) >= 11 is 0. The third-order valence-electron chi connectivity index (χ3n) is 4.77. The molecule has 2 aliphatic heterocycles. The smallest absolute Gasteiger partial charge is 0.236 e. The molecule has 0 unspecified atom stereocenters. The van der Waals surface area contributed by atoms with E-state index in [-0.39, 0.29) is 17.9 Å². The van der Waals surface area contributed by atoms with Crippen LogP contribution in [0.2, 0.25) is 0 Å². The van der Waals surface area contributed by atoms with Gasteiger partial charge in [-0.25, -0.2) is 0 Å². The van der Waals surface area contributed by atoms with Crippen LogP contribution in [-0.2, 0) is 9.59 Å². The van der Waals surface area contributed by atoms with Gasteiger partial charge in [-0.2, -0.15) is 0 Å². The van der Waals surface area contributed by atoms with Crippen LogP contribution in [0.15, 0.2) is 30.3 Å². The van der Waals surface area contributed by atoms with Crippen LogP contribution in [-0.4, -0.2) is 54.3 Å². The number of likely N-dealkylation sites (tertiary alicyclic amines) is 1. The third kappa shape index (κ3) is 4.10. The molecule has 2 fully saturated rings. The number of piperidine rings is 1. The molecule has 23 heavy (non-hydrogen) atoms. The number of amides is 2. The van der Waals surface area contributed by atoms with Gasteiger partial charge in [0.15, 0.2) is 0 Å². The molecule has 0 saturated carbocycles. The molecule has 0 spiro atoms. The van der Waals surface area contributed by atoms with E-state index in [1.54, 1.807) is 0 Å². The highest BCUT2D eigenvalue weighted by atomic mass is 16.2. The fourth-order valence-electron chi connectivity index (χ4n) is 3.48. The number of benzene rings is 1. The predicted molar refractivity (Wildman–Crippen MR) is 88.8 cm³/mol. The molecule has 5 nitrogen and oxygen atoms in total. The van der Waals surface area contributed by atoms with Crippen LogP contribution in [0.3, 0.4) is 0 Å². The lowest BCUT2D eigenvalue weighted by Crippen LogP contribution is -2.44. The molecule has 124 valence electrons. The van der Waals surface area contributed by atoms with Gasteiger partial charge in [-0.3, -0.25) is 14.5 Å². The lowest BCUT2D eigenvalue weighted by molar-refractivity contribution is -0.134. The lowest BCUT2D eigenvalue weighted by Gasteiger charge is -2.33. The number of nitrogens with zero attached hydrogens (tertiary/aromatic N) is 2. The van der Waals surface area contributed by atoms with Gasteiger partial charge in [-0.15, -0.1) is 0 Å². The summed E-state index contributed by atoms with van der Waals surface area (Å²) in [5, 5.41) is 2.92. The highest BCUT2D eigenvalue weighted by Crippen LogP contribution is 2.25. The topological polar surface area (TPSA) is 52.7 Å². The molecule has 0 aromatic heterocycles. The van der Waals surface area contributed by atoms with Gasteiger partial charge >= 0.3 is 0 Å². The zero-order valence-electron chi connectivity index (χ0n) is 13.5. The van der Waals surface area contributed by atoms with Crippen molar-refractivity contribution in [1.29, 1.82) is 0 Å². The highest BCUT2D eigenvalue weighted by Gasteiger charge is 2.29. The maximum Gasteiger partial charge on any atom is 0.236 e. The van der Waals surface area contributed by atoms with Gasteiger partial charge in [0, 0.05) is 38.6 Å². The summed E-state index contributed by atoms with van der Waals surface area (Å²) in [5.74, 6) is 0.256. The molecular weight excluding hydrogens is 290 g/mol. The van der Waals surface area contributed by atoms with E-state index >= 15 is 0 Å². The van der Waals surface area contributed by atoms with E-state index in [1.165, 1.54) is 6.42 Å². The summed E-state index contributed by atoms with van der Waals surface area (Å²) in [6.45, 7) is 3.47. The molecule has 1 N–H and O–H groups in total. The van der Waals surface area contributed by atoms with Crippen LogP contribution < -0.4 is 5.32 Å². The van der Waals surface area contributed by atoms with Crippen LogP contribution in [0.1, 0.15) is 37.3 Å². The Morgan fingerprint density at radius 1 is 1.09 bits per heavy atom. The number of hydrogen-bond donors (Lipinski definition) is 1. The molecule has 3 rings (SSSR count). The second-order valence-corrected chi connectivity index (χ2v) is 6.39. The molecule has 1 aromatic carbocycles. The highest BCUT2D eigenvalue weighted by molar-refractivity contribution is 5.79. The average Bonchev–Trinajstić information content (AvgIpc) is 2.78. The first-order chi connectivity index (χ1) is 11.2. The fraction of sp³-hybridized carbons (Fsp3) is 0.556. The Morgan fingerprint density at radius 3 is 2.57 bits per heavy atom. The molecule has 2 aliphatic rings. The van der Waals surface area contributed by atoms with Crippen molar-refractivity contribution in [1.82, 2.24) is 15.1 Å². The second-order valence-electron chi connectivity index (χ2n) is 6.39. The van der Waals surface area contributed by atoms with Gasteiger partial charge in [0.2, 0.25) is 11.8 Å². The first-order valence-corrected chi connectivity index (χ1v) is 8.57. The zero-order valence-corrected chi connectivity index (χ0v) is 13.5. The number of nitrogens with one attached hydrogen (secondary N) is 1. The van der Waals surface area contributed by atoms with Gasteiger partial charge < -0.3 is 10.2 Å². The van der Waals surface area contributed by atoms with E-state index in [4.69, 9.17) is 0 Å². The van der Waals surface area contributed by atoms with Crippen molar-refractivity contribution in [2.45, 2.75) is 31.7 Å². The molecule has 1 atom stereocenters. The van der Waals surface area contributed by atoms with Gasteiger partial charge in [-0.05, 0) is 24.8 Å². The Balaban J connectivity index is 1.73. The van der Waals surface area contributed by atoms with Gasteiger partial charge in [0.25, 0.3) is 0 Å². The standard InChI is InChI=1S/C18H25N3O2/c22-17-13-16(15-7-3-1-4-8-15)21(12-9-19-17)14-18(23)20-10-5-2-6-11-20/h1,3-4,7-8,16H,2,5-6,9-14H2,(H,19,22)/t16-/m0/s1. The van der Waals surface area contributed by atoms with Crippen LogP contribution in [0.4, 0.5) is 0 Å². The van der Waals surface area contributed by atoms with Crippen LogP contribution in [0.5, 0.6) is 0 Å². The molecule has 2 amide bonds. The first-order valence-electron chi connectivity index (χ1n) is 8.57.